The van der Waals surface area contributed by atoms with Gasteiger partial charge in [-0.1, -0.05) is 78.9 Å². The summed E-state index contributed by atoms with van der Waals surface area (Å²) >= 11 is 0. The largest absolute Gasteiger partial charge is 0.311 e. The van der Waals surface area contributed by atoms with E-state index in [2.05, 4.69) is 5.32 Å². The number of benzene rings is 3. The summed E-state index contributed by atoms with van der Waals surface area (Å²) in [5.74, 6) is -0.181. The molecule has 0 aliphatic carbocycles. The Bertz CT molecular complexity index is 1070. The van der Waals surface area contributed by atoms with E-state index in [0.29, 0.717) is 11.1 Å². The van der Waals surface area contributed by atoms with E-state index in [1.54, 1.807) is 31.3 Å². The Kier molecular flexibility index (Phi) is 7.15. The van der Waals surface area contributed by atoms with Gasteiger partial charge in [0.2, 0.25) is 10.0 Å². The molecule has 0 radical (unpaired) electrons. The average Bonchev–Trinajstić information content (AvgIpc) is 2.78. The molecule has 0 aliphatic rings. The molecule has 156 valence electrons. The Balaban J connectivity index is 2.00. The molecule has 0 spiro atoms. The molecular formula is C24H26N2O3S. The molecule has 6 heteroatoms. The lowest BCUT2D eigenvalue weighted by atomic mass is 9.93. The summed E-state index contributed by atoms with van der Waals surface area (Å²) < 4.78 is 28.2. The Morgan fingerprint density at radius 3 is 2.07 bits per heavy atom. The van der Waals surface area contributed by atoms with Crippen LogP contribution in [0.1, 0.15) is 39.1 Å². The number of aldehydes is 1. The average molecular weight is 423 g/mol. The molecule has 0 heterocycles. The van der Waals surface area contributed by atoms with Gasteiger partial charge in [0.25, 0.3) is 0 Å². The van der Waals surface area contributed by atoms with Crippen molar-refractivity contribution >= 4 is 16.3 Å². The maximum atomic E-state index is 13.4. The highest BCUT2D eigenvalue weighted by molar-refractivity contribution is 7.88. The van der Waals surface area contributed by atoms with E-state index in [9.17, 15) is 13.2 Å². The summed E-state index contributed by atoms with van der Waals surface area (Å²) in [5.41, 5.74) is 2.94. The van der Waals surface area contributed by atoms with Gasteiger partial charge in [-0.25, -0.2) is 8.42 Å². The number of sulfonamides is 1. The zero-order valence-electron chi connectivity index (χ0n) is 17.1. The van der Waals surface area contributed by atoms with Crippen LogP contribution in [0.15, 0.2) is 84.9 Å². The first-order chi connectivity index (χ1) is 14.5. The van der Waals surface area contributed by atoms with Crippen LogP contribution < -0.4 is 5.32 Å². The number of hydrogen-bond donors (Lipinski definition) is 1. The smallest absolute Gasteiger partial charge is 0.218 e. The third-order valence-corrected chi connectivity index (χ3v) is 7.00. The quantitative estimate of drug-likeness (QED) is 0.530. The maximum Gasteiger partial charge on any atom is 0.218 e. The number of likely N-dealkylation sites (N-methyl/N-ethyl adjacent to an activating group) is 2. The van der Waals surface area contributed by atoms with Crippen molar-refractivity contribution < 1.29 is 13.2 Å². The minimum atomic E-state index is -3.67. The Hall–Kier alpha value is -2.80. The third-order valence-electron chi connectivity index (χ3n) is 5.19. The van der Waals surface area contributed by atoms with Crippen molar-refractivity contribution in [3.63, 3.8) is 0 Å². The van der Waals surface area contributed by atoms with Gasteiger partial charge in [-0.05, 0) is 29.8 Å². The molecule has 5 nitrogen and oxygen atoms in total. The van der Waals surface area contributed by atoms with Crippen molar-refractivity contribution in [3.05, 3.63) is 107 Å². The van der Waals surface area contributed by atoms with Gasteiger partial charge in [0, 0.05) is 12.6 Å². The minimum Gasteiger partial charge on any atom is -0.311 e. The maximum absolute atomic E-state index is 13.4. The number of carbonyl (C=O) groups is 1. The van der Waals surface area contributed by atoms with Crippen molar-refractivity contribution in [1.82, 2.24) is 9.62 Å². The van der Waals surface area contributed by atoms with E-state index < -0.39 is 16.1 Å². The standard InChI is InChI=1S/C24H26N2O3S/c1-25-23(21-12-5-3-6-13-21)24(22-14-7-4-8-15-22)26(2)30(28,29)18-20-11-9-10-19(16-20)17-27/h3-17,23-25H,18H2,1-2H3. The lowest BCUT2D eigenvalue weighted by Crippen LogP contribution is -2.39. The Labute approximate surface area is 178 Å². The van der Waals surface area contributed by atoms with Crippen molar-refractivity contribution in [2.45, 2.75) is 17.8 Å². The molecule has 3 rings (SSSR count). The first kappa shape index (κ1) is 21.9. The van der Waals surface area contributed by atoms with E-state index in [1.807, 2.05) is 67.7 Å². The monoisotopic (exact) mass is 422 g/mol. The molecule has 0 saturated heterocycles. The van der Waals surface area contributed by atoms with E-state index in [0.717, 1.165) is 17.4 Å². The van der Waals surface area contributed by atoms with Gasteiger partial charge in [0.15, 0.2) is 0 Å². The molecule has 0 fully saturated rings. The van der Waals surface area contributed by atoms with Gasteiger partial charge < -0.3 is 5.32 Å². The SMILES string of the molecule is CNC(c1ccccc1)C(c1ccccc1)N(C)S(=O)(=O)Cc1cccc(C=O)c1. The number of hydrogen-bond acceptors (Lipinski definition) is 4. The summed E-state index contributed by atoms with van der Waals surface area (Å²) in [5, 5.41) is 3.30. The van der Waals surface area contributed by atoms with E-state index in [4.69, 9.17) is 0 Å². The van der Waals surface area contributed by atoms with Gasteiger partial charge >= 0.3 is 0 Å². The van der Waals surface area contributed by atoms with Gasteiger partial charge in [-0.3, -0.25) is 4.79 Å². The van der Waals surface area contributed by atoms with Gasteiger partial charge in [-0.2, -0.15) is 4.31 Å². The Morgan fingerprint density at radius 2 is 1.50 bits per heavy atom. The summed E-state index contributed by atoms with van der Waals surface area (Å²) in [6.07, 6.45) is 0.721. The van der Waals surface area contributed by atoms with Crippen LogP contribution in [-0.4, -0.2) is 33.1 Å². The molecule has 2 unspecified atom stereocenters. The minimum absolute atomic E-state index is 0.181. The molecule has 3 aromatic carbocycles. The number of nitrogens with one attached hydrogen (secondary N) is 1. The number of rotatable bonds is 9. The van der Waals surface area contributed by atoms with E-state index in [-0.39, 0.29) is 11.8 Å². The lowest BCUT2D eigenvalue weighted by Gasteiger charge is -2.34. The zero-order chi connectivity index (χ0) is 21.6. The van der Waals surface area contributed by atoms with Crippen molar-refractivity contribution in [2.24, 2.45) is 0 Å². The highest BCUT2D eigenvalue weighted by atomic mass is 32.2. The fourth-order valence-electron chi connectivity index (χ4n) is 3.67. The molecule has 3 aromatic rings. The molecule has 0 aromatic heterocycles. The second kappa shape index (κ2) is 9.80. The molecule has 0 amide bonds. The van der Waals surface area contributed by atoms with Crippen LogP contribution >= 0.6 is 0 Å². The molecule has 0 bridgehead atoms. The fraction of sp³-hybridized carbons (Fsp3) is 0.208. The van der Waals surface area contributed by atoms with Crippen LogP contribution in [0.4, 0.5) is 0 Å². The van der Waals surface area contributed by atoms with Crippen LogP contribution in [-0.2, 0) is 15.8 Å². The molecule has 0 aliphatic heterocycles. The van der Waals surface area contributed by atoms with Gasteiger partial charge in [0.05, 0.1) is 17.8 Å². The fourth-order valence-corrected chi connectivity index (χ4v) is 5.07. The van der Waals surface area contributed by atoms with Crippen molar-refractivity contribution in [2.75, 3.05) is 14.1 Å². The van der Waals surface area contributed by atoms with Gasteiger partial charge in [0.1, 0.15) is 6.29 Å². The zero-order valence-corrected chi connectivity index (χ0v) is 17.9. The topological polar surface area (TPSA) is 66.5 Å². The van der Waals surface area contributed by atoms with E-state index >= 15 is 0 Å². The number of carbonyl (C=O) groups excluding carboxylic acids is 1. The molecule has 2 atom stereocenters. The first-order valence-corrected chi connectivity index (χ1v) is 11.3. The van der Waals surface area contributed by atoms with Crippen molar-refractivity contribution in [1.29, 1.82) is 0 Å². The van der Waals surface area contributed by atoms with Crippen LogP contribution in [0.2, 0.25) is 0 Å². The van der Waals surface area contributed by atoms with Crippen LogP contribution in [0.5, 0.6) is 0 Å². The molecule has 1 N–H and O–H groups in total. The highest BCUT2D eigenvalue weighted by Gasteiger charge is 2.34. The van der Waals surface area contributed by atoms with E-state index in [1.165, 1.54) is 4.31 Å². The predicted molar refractivity (Wildman–Crippen MR) is 120 cm³/mol. The highest BCUT2D eigenvalue weighted by Crippen LogP contribution is 2.35. The molecule has 0 saturated carbocycles. The second-order valence-electron chi connectivity index (χ2n) is 7.17. The van der Waals surface area contributed by atoms with Crippen molar-refractivity contribution in [3.8, 4) is 0 Å². The van der Waals surface area contributed by atoms with Crippen LogP contribution in [0.3, 0.4) is 0 Å². The molecular weight excluding hydrogens is 396 g/mol. The van der Waals surface area contributed by atoms with Crippen LogP contribution in [0.25, 0.3) is 0 Å². The first-order valence-electron chi connectivity index (χ1n) is 9.73. The third kappa shape index (κ3) is 5.02. The number of nitrogens with zero attached hydrogens (tertiary/aromatic N) is 1. The lowest BCUT2D eigenvalue weighted by molar-refractivity contribution is 0.112. The summed E-state index contributed by atoms with van der Waals surface area (Å²) in [7, 11) is -0.222. The summed E-state index contributed by atoms with van der Waals surface area (Å²) in [6.45, 7) is 0. The summed E-state index contributed by atoms with van der Waals surface area (Å²) in [6, 6.07) is 25.4. The van der Waals surface area contributed by atoms with Crippen LogP contribution in [0, 0.1) is 0 Å². The van der Waals surface area contributed by atoms with Gasteiger partial charge in [-0.15, -0.1) is 0 Å². The predicted octanol–water partition coefficient (Wildman–Crippen LogP) is 3.96. The Morgan fingerprint density at radius 1 is 0.900 bits per heavy atom. The summed E-state index contributed by atoms with van der Waals surface area (Å²) in [4.78, 5) is 11.1. The molecule has 30 heavy (non-hydrogen) atoms. The second-order valence-corrected chi connectivity index (χ2v) is 9.20. The normalized spacial score (nSPS) is 13.7.